The van der Waals surface area contributed by atoms with Crippen LogP contribution in [-0.2, 0) is 0 Å². The molecule has 0 unspecified atom stereocenters. The molecule has 0 aliphatic carbocycles. The average molecular weight is 307 g/mol. The monoisotopic (exact) mass is 306 g/mol. The maximum Gasteiger partial charge on any atom is 0.146 e. The first-order chi connectivity index (χ1) is 8.75. The summed E-state index contributed by atoms with van der Waals surface area (Å²) in [6.07, 6.45) is 0. The topological polar surface area (TPSA) is 15.3 Å². The van der Waals surface area contributed by atoms with E-state index < -0.39 is 0 Å². The summed E-state index contributed by atoms with van der Waals surface area (Å²) in [7, 11) is 0. The maximum absolute atomic E-state index is 13.9. The molecule has 92 valence electrons. The van der Waals surface area contributed by atoms with Crippen LogP contribution in [0.1, 0.15) is 0 Å². The molecule has 0 radical (unpaired) electrons. The fraction of sp³-hybridized carbons (Fsp3) is 0.143. The minimum Gasteiger partial charge on any atom is -0.382 e. The fourth-order valence-electron chi connectivity index (χ4n) is 2.23. The van der Waals surface area contributed by atoms with Gasteiger partial charge in [-0.05, 0) is 30.3 Å². The highest BCUT2D eigenvalue weighted by Crippen LogP contribution is 2.37. The third-order valence-electron chi connectivity index (χ3n) is 3.04. The Bertz CT molecular complexity index is 586. The predicted octanol–water partition coefficient (Wildman–Crippen LogP) is 4.15. The van der Waals surface area contributed by atoms with Crippen molar-refractivity contribution in [2.75, 3.05) is 23.3 Å². The van der Waals surface area contributed by atoms with Crippen LogP contribution in [0.3, 0.4) is 0 Å². The second-order valence-electron chi connectivity index (χ2n) is 4.19. The quantitative estimate of drug-likeness (QED) is 0.851. The van der Waals surface area contributed by atoms with Crippen LogP contribution in [0.2, 0.25) is 0 Å². The number of anilines is 3. The van der Waals surface area contributed by atoms with Crippen LogP contribution in [-0.4, -0.2) is 13.1 Å². The number of fused-ring (bicyclic) bond motifs is 1. The molecular formula is C14H12BrFN2. The molecule has 4 heteroatoms. The minimum absolute atomic E-state index is 0.187. The zero-order chi connectivity index (χ0) is 12.5. The van der Waals surface area contributed by atoms with Crippen molar-refractivity contribution >= 4 is 33.0 Å². The van der Waals surface area contributed by atoms with E-state index in [2.05, 4.69) is 21.2 Å². The Labute approximate surface area is 114 Å². The Morgan fingerprint density at radius 2 is 1.94 bits per heavy atom. The van der Waals surface area contributed by atoms with Crippen molar-refractivity contribution in [2.24, 2.45) is 0 Å². The molecule has 0 saturated heterocycles. The van der Waals surface area contributed by atoms with Crippen LogP contribution in [0.5, 0.6) is 0 Å². The van der Waals surface area contributed by atoms with Crippen LogP contribution in [0.4, 0.5) is 21.5 Å². The summed E-state index contributed by atoms with van der Waals surface area (Å²) in [5.41, 5.74) is 2.66. The lowest BCUT2D eigenvalue weighted by Crippen LogP contribution is -2.30. The number of halogens is 2. The Morgan fingerprint density at radius 3 is 2.78 bits per heavy atom. The van der Waals surface area contributed by atoms with Gasteiger partial charge in [-0.1, -0.05) is 28.1 Å². The van der Waals surface area contributed by atoms with Crippen molar-refractivity contribution in [3.63, 3.8) is 0 Å². The predicted molar refractivity (Wildman–Crippen MR) is 76.0 cm³/mol. The standard InChI is InChI=1S/C14H12BrFN2/c15-10-5-6-14-12(9-10)17-7-8-18(14)13-4-2-1-3-11(13)16/h1-6,9,17H,7-8H2. The summed E-state index contributed by atoms with van der Waals surface area (Å²) in [6, 6.07) is 12.9. The van der Waals surface area contributed by atoms with Crippen molar-refractivity contribution in [1.82, 2.24) is 0 Å². The molecule has 0 bridgehead atoms. The van der Waals surface area contributed by atoms with Gasteiger partial charge in [0.05, 0.1) is 17.1 Å². The number of nitrogens with one attached hydrogen (secondary N) is 1. The number of hydrogen-bond acceptors (Lipinski definition) is 2. The molecule has 0 aromatic heterocycles. The second kappa shape index (κ2) is 4.61. The largest absolute Gasteiger partial charge is 0.382 e. The van der Waals surface area contributed by atoms with Gasteiger partial charge in [-0.2, -0.15) is 0 Å². The van der Waals surface area contributed by atoms with Gasteiger partial charge in [0.1, 0.15) is 5.82 Å². The minimum atomic E-state index is -0.187. The van der Waals surface area contributed by atoms with E-state index in [1.54, 1.807) is 6.07 Å². The van der Waals surface area contributed by atoms with Gasteiger partial charge < -0.3 is 10.2 Å². The van der Waals surface area contributed by atoms with Gasteiger partial charge in [0.2, 0.25) is 0 Å². The Morgan fingerprint density at radius 1 is 1.11 bits per heavy atom. The summed E-state index contributed by atoms with van der Waals surface area (Å²) in [5, 5.41) is 3.33. The number of benzene rings is 2. The summed E-state index contributed by atoms with van der Waals surface area (Å²) in [6.45, 7) is 1.56. The summed E-state index contributed by atoms with van der Waals surface area (Å²) >= 11 is 3.45. The molecule has 2 nitrogen and oxygen atoms in total. The van der Waals surface area contributed by atoms with Crippen molar-refractivity contribution < 1.29 is 4.39 Å². The Balaban J connectivity index is 2.09. The molecule has 2 aromatic carbocycles. The lowest BCUT2D eigenvalue weighted by atomic mass is 10.1. The van der Waals surface area contributed by atoms with Gasteiger partial charge in [-0.25, -0.2) is 4.39 Å². The van der Waals surface area contributed by atoms with Crippen LogP contribution in [0, 0.1) is 5.82 Å². The van der Waals surface area contributed by atoms with Gasteiger partial charge in [-0.3, -0.25) is 0 Å². The van der Waals surface area contributed by atoms with E-state index in [9.17, 15) is 4.39 Å². The Hall–Kier alpha value is -1.55. The van der Waals surface area contributed by atoms with Gasteiger partial charge >= 0.3 is 0 Å². The van der Waals surface area contributed by atoms with Crippen molar-refractivity contribution in [2.45, 2.75) is 0 Å². The molecule has 0 saturated carbocycles. The average Bonchev–Trinajstić information content (AvgIpc) is 2.38. The fourth-order valence-corrected chi connectivity index (χ4v) is 2.59. The van der Waals surface area contributed by atoms with Gasteiger partial charge in [0, 0.05) is 17.6 Å². The highest BCUT2D eigenvalue weighted by atomic mass is 79.9. The third kappa shape index (κ3) is 1.97. The van der Waals surface area contributed by atoms with Crippen LogP contribution < -0.4 is 10.2 Å². The van der Waals surface area contributed by atoms with Crippen molar-refractivity contribution in [3.8, 4) is 0 Å². The molecule has 2 aromatic rings. The van der Waals surface area contributed by atoms with Gasteiger partial charge in [0.25, 0.3) is 0 Å². The van der Waals surface area contributed by atoms with E-state index in [1.165, 1.54) is 6.07 Å². The van der Waals surface area contributed by atoms with Crippen LogP contribution in [0.15, 0.2) is 46.9 Å². The lowest BCUT2D eigenvalue weighted by Gasteiger charge is -2.32. The number of hydrogen-bond donors (Lipinski definition) is 1. The van der Waals surface area contributed by atoms with E-state index in [0.717, 1.165) is 28.9 Å². The molecule has 18 heavy (non-hydrogen) atoms. The number of nitrogens with zero attached hydrogens (tertiary/aromatic N) is 1. The number of para-hydroxylation sites is 1. The SMILES string of the molecule is Fc1ccccc1N1CCNc2cc(Br)ccc21. The van der Waals surface area contributed by atoms with Crippen molar-refractivity contribution in [1.29, 1.82) is 0 Å². The first-order valence-electron chi connectivity index (χ1n) is 5.81. The molecule has 1 N–H and O–H groups in total. The summed E-state index contributed by atoms with van der Waals surface area (Å²) < 4.78 is 14.9. The van der Waals surface area contributed by atoms with E-state index in [4.69, 9.17) is 0 Å². The lowest BCUT2D eigenvalue weighted by molar-refractivity contribution is 0.624. The van der Waals surface area contributed by atoms with E-state index >= 15 is 0 Å². The first kappa shape index (κ1) is 11.5. The number of rotatable bonds is 1. The van der Waals surface area contributed by atoms with E-state index in [1.807, 2.05) is 35.2 Å². The van der Waals surface area contributed by atoms with Crippen LogP contribution in [0.25, 0.3) is 0 Å². The zero-order valence-electron chi connectivity index (χ0n) is 9.66. The van der Waals surface area contributed by atoms with Gasteiger partial charge in [-0.15, -0.1) is 0 Å². The normalized spacial score (nSPS) is 14.0. The smallest absolute Gasteiger partial charge is 0.146 e. The highest BCUT2D eigenvalue weighted by Gasteiger charge is 2.20. The first-order valence-corrected chi connectivity index (χ1v) is 6.60. The molecule has 0 atom stereocenters. The molecular weight excluding hydrogens is 295 g/mol. The molecule has 0 amide bonds. The summed E-state index contributed by atoms with van der Waals surface area (Å²) in [5.74, 6) is -0.187. The second-order valence-corrected chi connectivity index (χ2v) is 5.11. The molecule has 1 aliphatic heterocycles. The maximum atomic E-state index is 13.9. The third-order valence-corrected chi connectivity index (χ3v) is 3.54. The molecule has 0 fully saturated rings. The van der Waals surface area contributed by atoms with E-state index in [0.29, 0.717) is 5.69 Å². The van der Waals surface area contributed by atoms with Crippen LogP contribution >= 0.6 is 15.9 Å². The molecule has 0 spiro atoms. The summed E-state index contributed by atoms with van der Waals surface area (Å²) in [4.78, 5) is 2.01. The molecule has 1 heterocycles. The van der Waals surface area contributed by atoms with Gasteiger partial charge in [0.15, 0.2) is 0 Å². The zero-order valence-corrected chi connectivity index (χ0v) is 11.2. The highest BCUT2D eigenvalue weighted by molar-refractivity contribution is 9.10. The van der Waals surface area contributed by atoms with E-state index in [-0.39, 0.29) is 5.82 Å². The molecule has 3 rings (SSSR count). The molecule has 1 aliphatic rings. The van der Waals surface area contributed by atoms with Crippen molar-refractivity contribution in [3.05, 3.63) is 52.8 Å². The Kier molecular flexibility index (Phi) is 2.96.